The molecule has 6 heteroatoms. The van der Waals surface area contributed by atoms with E-state index in [1.807, 2.05) is 29.6 Å². The van der Waals surface area contributed by atoms with Crippen molar-refractivity contribution in [3.8, 4) is 0 Å². The van der Waals surface area contributed by atoms with Crippen LogP contribution in [0.15, 0.2) is 58.6 Å². The van der Waals surface area contributed by atoms with E-state index in [1.165, 1.54) is 6.33 Å². The van der Waals surface area contributed by atoms with Crippen molar-refractivity contribution in [1.82, 2.24) is 9.97 Å². The Morgan fingerprint density at radius 3 is 2.91 bits per heavy atom. The van der Waals surface area contributed by atoms with Gasteiger partial charge in [-0.15, -0.1) is 11.3 Å². The molecule has 2 heterocycles. The summed E-state index contributed by atoms with van der Waals surface area (Å²) in [5, 5.41) is 6.90. The normalized spacial score (nSPS) is 11.0. The molecule has 0 aliphatic rings. The highest BCUT2D eigenvalue weighted by molar-refractivity contribution is 9.10. The number of anilines is 1. The highest BCUT2D eigenvalue weighted by atomic mass is 79.9. The van der Waals surface area contributed by atoms with Crippen molar-refractivity contribution in [1.29, 1.82) is 0 Å². The van der Waals surface area contributed by atoms with Crippen LogP contribution in [0.2, 0.25) is 0 Å². The average Bonchev–Trinajstić information content (AvgIpc) is 3.00. The molecule has 23 heavy (non-hydrogen) atoms. The summed E-state index contributed by atoms with van der Waals surface area (Å²) in [6.07, 6.45) is 1.47. The van der Waals surface area contributed by atoms with Crippen molar-refractivity contribution >= 4 is 60.0 Å². The predicted molar refractivity (Wildman–Crippen MR) is 97.0 cm³/mol. The van der Waals surface area contributed by atoms with E-state index in [4.69, 9.17) is 0 Å². The van der Waals surface area contributed by atoms with E-state index in [0.717, 1.165) is 25.5 Å². The first-order chi connectivity index (χ1) is 11.2. The third-order valence-electron chi connectivity index (χ3n) is 3.53. The van der Waals surface area contributed by atoms with E-state index in [0.29, 0.717) is 11.4 Å². The Kier molecular flexibility index (Phi) is 3.55. The molecule has 0 unspecified atom stereocenters. The van der Waals surface area contributed by atoms with Crippen LogP contribution in [0.1, 0.15) is 10.4 Å². The first-order valence-electron chi connectivity index (χ1n) is 6.89. The highest BCUT2D eigenvalue weighted by Gasteiger charge is 2.11. The number of amides is 1. The fraction of sp³-hybridized carbons (Fsp3) is 0. The SMILES string of the molecule is O=C(Nc1ncnc2cc3ccsc3cc12)c1cccc(Br)c1. The molecule has 0 atom stereocenters. The van der Waals surface area contributed by atoms with Crippen LogP contribution < -0.4 is 5.32 Å². The molecule has 112 valence electrons. The fourth-order valence-corrected chi connectivity index (χ4v) is 3.63. The lowest BCUT2D eigenvalue weighted by Gasteiger charge is -2.08. The second-order valence-corrected chi connectivity index (χ2v) is 6.88. The monoisotopic (exact) mass is 383 g/mol. The molecule has 0 aliphatic carbocycles. The van der Waals surface area contributed by atoms with Gasteiger partial charge in [-0.05, 0) is 47.2 Å². The van der Waals surface area contributed by atoms with E-state index in [2.05, 4.69) is 37.3 Å². The Balaban J connectivity index is 1.77. The van der Waals surface area contributed by atoms with Crippen LogP contribution in [0.3, 0.4) is 0 Å². The molecule has 0 saturated carbocycles. The third-order valence-corrected chi connectivity index (χ3v) is 4.90. The largest absolute Gasteiger partial charge is 0.306 e. The lowest BCUT2D eigenvalue weighted by Crippen LogP contribution is -2.13. The van der Waals surface area contributed by atoms with Gasteiger partial charge in [-0.3, -0.25) is 4.79 Å². The van der Waals surface area contributed by atoms with Crippen LogP contribution >= 0.6 is 27.3 Å². The second-order valence-electron chi connectivity index (χ2n) is 5.01. The zero-order chi connectivity index (χ0) is 15.8. The maximum absolute atomic E-state index is 12.4. The average molecular weight is 384 g/mol. The van der Waals surface area contributed by atoms with Crippen molar-refractivity contribution < 1.29 is 4.79 Å². The minimum absolute atomic E-state index is 0.197. The highest BCUT2D eigenvalue weighted by Crippen LogP contribution is 2.29. The molecule has 0 radical (unpaired) electrons. The van der Waals surface area contributed by atoms with E-state index in [1.54, 1.807) is 23.5 Å². The number of nitrogens with one attached hydrogen (secondary N) is 1. The van der Waals surface area contributed by atoms with E-state index in [-0.39, 0.29) is 5.91 Å². The van der Waals surface area contributed by atoms with Gasteiger partial charge in [0.05, 0.1) is 5.52 Å². The molecule has 0 spiro atoms. The van der Waals surface area contributed by atoms with Gasteiger partial charge >= 0.3 is 0 Å². The summed E-state index contributed by atoms with van der Waals surface area (Å²) in [4.78, 5) is 21.0. The third kappa shape index (κ3) is 2.71. The van der Waals surface area contributed by atoms with Crippen LogP contribution in [-0.2, 0) is 0 Å². The Bertz CT molecular complexity index is 1040. The van der Waals surface area contributed by atoms with Crippen LogP contribution in [0.4, 0.5) is 5.82 Å². The number of hydrogen-bond donors (Lipinski definition) is 1. The lowest BCUT2D eigenvalue weighted by molar-refractivity contribution is 0.102. The number of rotatable bonds is 2. The van der Waals surface area contributed by atoms with Gasteiger partial charge in [0.25, 0.3) is 5.91 Å². The molecule has 1 N–H and O–H groups in total. The molecule has 2 aromatic heterocycles. The summed E-state index contributed by atoms with van der Waals surface area (Å²) in [6, 6.07) is 13.3. The molecular weight excluding hydrogens is 374 g/mol. The molecule has 1 amide bonds. The zero-order valence-corrected chi connectivity index (χ0v) is 14.2. The predicted octanol–water partition coefficient (Wildman–Crippen LogP) is 4.86. The summed E-state index contributed by atoms with van der Waals surface area (Å²) in [5.74, 6) is 0.327. The number of benzene rings is 2. The standard InChI is InChI=1S/C17H10BrN3OS/c18-12-3-1-2-11(6-12)17(22)21-16-13-8-15-10(4-5-23-15)7-14(13)19-9-20-16/h1-9H,(H,19,20,21,22). The smallest absolute Gasteiger partial charge is 0.256 e. The van der Waals surface area contributed by atoms with Crippen molar-refractivity contribution in [2.24, 2.45) is 0 Å². The summed E-state index contributed by atoms with van der Waals surface area (Å²) < 4.78 is 2.00. The molecule has 2 aromatic carbocycles. The molecule has 4 nitrogen and oxygen atoms in total. The minimum atomic E-state index is -0.197. The Morgan fingerprint density at radius 1 is 1.13 bits per heavy atom. The number of carbonyl (C=O) groups is 1. The Morgan fingerprint density at radius 2 is 2.04 bits per heavy atom. The molecular formula is C17H10BrN3OS. The van der Waals surface area contributed by atoms with E-state index < -0.39 is 0 Å². The van der Waals surface area contributed by atoms with Gasteiger partial charge in [-0.2, -0.15) is 0 Å². The molecule has 0 aliphatic heterocycles. The molecule has 4 aromatic rings. The maximum atomic E-state index is 12.4. The van der Waals surface area contributed by atoms with E-state index >= 15 is 0 Å². The summed E-state index contributed by atoms with van der Waals surface area (Å²) in [6.45, 7) is 0. The maximum Gasteiger partial charge on any atom is 0.256 e. The van der Waals surface area contributed by atoms with Crippen LogP contribution in [0.5, 0.6) is 0 Å². The van der Waals surface area contributed by atoms with Crippen molar-refractivity contribution in [2.75, 3.05) is 5.32 Å². The topological polar surface area (TPSA) is 54.9 Å². The number of thiophene rings is 1. The molecule has 0 saturated heterocycles. The number of aromatic nitrogens is 2. The minimum Gasteiger partial charge on any atom is -0.306 e. The number of halogens is 1. The van der Waals surface area contributed by atoms with Crippen molar-refractivity contribution in [3.63, 3.8) is 0 Å². The van der Waals surface area contributed by atoms with Crippen molar-refractivity contribution in [3.05, 3.63) is 64.2 Å². The molecule has 0 bridgehead atoms. The van der Waals surface area contributed by atoms with Crippen LogP contribution in [-0.4, -0.2) is 15.9 Å². The van der Waals surface area contributed by atoms with Crippen LogP contribution in [0, 0.1) is 0 Å². The van der Waals surface area contributed by atoms with Gasteiger partial charge in [0.15, 0.2) is 0 Å². The summed E-state index contributed by atoms with van der Waals surface area (Å²) in [7, 11) is 0. The van der Waals surface area contributed by atoms with Gasteiger partial charge in [-0.1, -0.05) is 22.0 Å². The number of fused-ring (bicyclic) bond motifs is 2. The number of hydrogen-bond acceptors (Lipinski definition) is 4. The number of carbonyl (C=O) groups excluding carboxylic acids is 1. The van der Waals surface area contributed by atoms with Crippen molar-refractivity contribution in [2.45, 2.75) is 0 Å². The van der Waals surface area contributed by atoms with E-state index in [9.17, 15) is 4.79 Å². The molecule has 4 rings (SSSR count). The van der Waals surface area contributed by atoms with Gasteiger partial charge in [0.1, 0.15) is 12.1 Å². The molecule has 0 fully saturated rings. The Hall–Kier alpha value is -2.31. The fourth-order valence-electron chi connectivity index (χ4n) is 2.42. The summed E-state index contributed by atoms with van der Waals surface area (Å²) in [5.41, 5.74) is 1.39. The first kappa shape index (κ1) is 14.3. The zero-order valence-electron chi connectivity index (χ0n) is 11.8. The van der Waals surface area contributed by atoms with Gasteiger partial charge < -0.3 is 5.32 Å². The lowest BCUT2D eigenvalue weighted by atomic mass is 10.1. The quantitative estimate of drug-likeness (QED) is 0.537. The second kappa shape index (κ2) is 5.72. The van der Waals surface area contributed by atoms with Crippen LogP contribution in [0.25, 0.3) is 21.0 Å². The van der Waals surface area contributed by atoms with Gasteiger partial charge in [0.2, 0.25) is 0 Å². The number of nitrogens with zero attached hydrogens (tertiary/aromatic N) is 2. The van der Waals surface area contributed by atoms with Gasteiger partial charge in [-0.25, -0.2) is 9.97 Å². The first-order valence-corrected chi connectivity index (χ1v) is 8.57. The summed E-state index contributed by atoms with van der Waals surface area (Å²) >= 11 is 5.03. The Labute approximate surface area is 144 Å². The van der Waals surface area contributed by atoms with Gasteiger partial charge in [0, 0.05) is 20.1 Å².